The molecule has 0 amide bonds. The van der Waals surface area contributed by atoms with Crippen molar-refractivity contribution in [1.29, 1.82) is 5.26 Å². The van der Waals surface area contributed by atoms with Crippen LogP contribution in [0.15, 0.2) is 31.0 Å². The summed E-state index contributed by atoms with van der Waals surface area (Å²) in [6, 6.07) is 6.35. The molecule has 3 aromatic heterocycles. The Morgan fingerprint density at radius 1 is 1.03 bits per heavy atom. The van der Waals surface area contributed by atoms with Crippen LogP contribution in [0.4, 0.5) is 5.82 Å². The molecule has 2 bridgehead atoms. The molecule has 8 nitrogen and oxygen atoms in total. The normalized spacial score (nSPS) is 29.2. The summed E-state index contributed by atoms with van der Waals surface area (Å²) in [5.41, 5.74) is 3.25. The van der Waals surface area contributed by atoms with E-state index in [1.165, 1.54) is 12.8 Å². The minimum Gasteiger partial charge on any atom is -0.352 e. The van der Waals surface area contributed by atoms with E-state index >= 15 is 0 Å². The van der Waals surface area contributed by atoms with Crippen molar-refractivity contribution >= 4 is 11.3 Å². The zero-order valence-electron chi connectivity index (χ0n) is 16.5. The van der Waals surface area contributed by atoms with Gasteiger partial charge >= 0.3 is 0 Å². The number of anilines is 1. The van der Waals surface area contributed by atoms with Gasteiger partial charge in [-0.05, 0) is 31.7 Å². The van der Waals surface area contributed by atoms with Gasteiger partial charge in [0.25, 0.3) is 0 Å². The van der Waals surface area contributed by atoms with Crippen molar-refractivity contribution in [3.05, 3.63) is 31.0 Å². The van der Waals surface area contributed by atoms with Gasteiger partial charge in [0.2, 0.25) is 0 Å². The Kier molecular flexibility index (Phi) is 3.68. The number of piperazine rings is 1. The lowest BCUT2D eigenvalue weighted by Gasteiger charge is -2.49. The smallest absolute Gasteiger partial charge is 0.156 e. The van der Waals surface area contributed by atoms with E-state index in [1.807, 2.05) is 28.6 Å². The van der Waals surface area contributed by atoms with Crippen LogP contribution >= 0.6 is 0 Å². The first-order chi connectivity index (χ1) is 14.2. The van der Waals surface area contributed by atoms with Crippen LogP contribution in [0.5, 0.6) is 0 Å². The zero-order chi connectivity index (χ0) is 19.5. The standard InChI is InChI=1S/C21H24N8/c1-26-9-16(8-24-26)15-6-20-21(23-13-25-28(20)10-15)27-11-17-2-3-18(12-27)29(17)19-4-14(5-19)7-22/h6,8-10,13-14,17-19H,2-5,11-12H2,1H3/t14?,17-,18?,19?/m0/s1. The molecule has 3 aliphatic rings. The minimum atomic E-state index is 0.269. The fraction of sp³-hybridized carbons (Fsp3) is 0.524. The molecular weight excluding hydrogens is 364 g/mol. The van der Waals surface area contributed by atoms with Gasteiger partial charge in [0.15, 0.2) is 5.82 Å². The van der Waals surface area contributed by atoms with E-state index < -0.39 is 0 Å². The predicted molar refractivity (Wildman–Crippen MR) is 108 cm³/mol. The highest BCUT2D eigenvalue weighted by Gasteiger charge is 2.47. The van der Waals surface area contributed by atoms with E-state index in [-0.39, 0.29) is 5.92 Å². The van der Waals surface area contributed by atoms with Gasteiger partial charge in [-0.1, -0.05) is 0 Å². The van der Waals surface area contributed by atoms with E-state index in [4.69, 9.17) is 5.26 Å². The average molecular weight is 388 g/mol. The molecule has 2 atom stereocenters. The number of nitrogens with zero attached hydrogens (tertiary/aromatic N) is 8. The van der Waals surface area contributed by atoms with E-state index in [1.54, 1.807) is 6.33 Å². The molecule has 0 radical (unpaired) electrons. The van der Waals surface area contributed by atoms with Gasteiger partial charge in [-0.15, -0.1) is 0 Å². The molecule has 8 heteroatoms. The SMILES string of the molecule is Cn1cc(-c2cc3c(N4CC5CC[C@@H](C4)N5C4CC(C#N)C4)ncnn3c2)cn1. The second-order valence-electron chi connectivity index (χ2n) is 8.73. The van der Waals surface area contributed by atoms with Gasteiger partial charge in [0, 0.05) is 67.7 Å². The average Bonchev–Trinajstić information content (AvgIpc) is 3.37. The summed E-state index contributed by atoms with van der Waals surface area (Å²) in [6.45, 7) is 2.01. The summed E-state index contributed by atoms with van der Waals surface area (Å²) in [7, 11) is 1.93. The summed E-state index contributed by atoms with van der Waals surface area (Å²) >= 11 is 0. The molecule has 1 unspecified atom stereocenters. The number of aromatic nitrogens is 5. The molecule has 3 aromatic rings. The molecule has 1 aliphatic carbocycles. The molecule has 1 saturated carbocycles. The summed E-state index contributed by atoms with van der Waals surface area (Å²) in [4.78, 5) is 9.85. The third-order valence-electron chi connectivity index (χ3n) is 6.98. The quantitative estimate of drug-likeness (QED) is 0.684. The van der Waals surface area contributed by atoms with Crippen LogP contribution in [0, 0.1) is 17.2 Å². The van der Waals surface area contributed by atoms with Crippen LogP contribution in [0.25, 0.3) is 16.6 Å². The second kappa shape index (κ2) is 6.29. The Morgan fingerprint density at radius 3 is 2.52 bits per heavy atom. The molecular formula is C21H24N8. The molecule has 0 aromatic carbocycles. The van der Waals surface area contributed by atoms with E-state index in [0.717, 1.165) is 48.4 Å². The van der Waals surface area contributed by atoms with Crippen LogP contribution in [-0.4, -0.2) is 60.5 Å². The van der Waals surface area contributed by atoms with Crippen molar-refractivity contribution in [3.8, 4) is 17.2 Å². The van der Waals surface area contributed by atoms with Crippen molar-refractivity contribution in [2.75, 3.05) is 18.0 Å². The fourth-order valence-corrected chi connectivity index (χ4v) is 5.53. The van der Waals surface area contributed by atoms with Gasteiger partial charge in [0.05, 0.1) is 12.3 Å². The monoisotopic (exact) mass is 388 g/mol. The Morgan fingerprint density at radius 2 is 1.83 bits per heavy atom. The first kappa shape index (κ1) is 17.0. The number of nitriles is 1. The Labute approximate surface area is 169 Å². The van der Waals surface area contributed by atoms with Gasteiger partial charge in [-0.25, -0.2) is 9.50 Å². The molecule has 148 valence electrons. The molecule has 29 heavy (non-hydrogen) atoms. The first-order valence-corrected chi connectivity index (χ1v) is 10.4. The Balaban J connectivity index is 1.28. The Bertz CT molecular complexity index is 1090. The maximum Gasteiger partial charge on any atom is 0.156 e. The first-order valence-electron chi connectivity index (χ1n) is 10.4. The van der Waals surface area contributed by atoms with Crippen LogP contribution in [0.1, 0.15) is 25.7 Å². The summed E-state index contributed by atoms with van der Waals surface area (Å²) in [5, 5.41) is 17.9. The van der Waals surface area contributed by atoms with Crippen molar-refractivity contribution < 1.29 is 0 Å². The fourth-order valence-electron chi connectivity index (χ4n) is 5.53. The summed E-state index contributed by atoms with van der Waals surface area (Å²) < 4.78 is 3.75. The van der Waals surface area contributed by atoms with Crippen LogP contribution in [-0.2, 0) is 7.05 Å². The van der Waals surface area contributed by atoms with E-state index in [9.17, 15) is 0 Å². The van der Waals surface area contributed by atoms with Crippen LogP contribution in [0.3, 0.4) is 0 Å². The topological polar surface area (TPSA) is 78.3 Å². The number of rotatable bonds is 3. The van der Waals surface area contributed by atoms with Crippen LogP contribution in [0.2, 0.25) is 0 Å². The van der Waals surface area contributed by atoms with Gasteiger partial charge in [-0.2, -0.15) is 15.5 Å². The van der Waals surface area contributed by atoms with Crippen molar-refractivity contribution in [1.82, 2.24) is 29.3 Å². The third kappa shape index (κ3) is 2.64. The molecule has 0 spiro atoms. The number of aryl methyl sites for hydroxylation is 1. The minimum absolute atomic E-state index is 0.269. The lowest BCUT2D eigenvalue weighted by molar-refractivity contribution is 0.0437. The van der Waals surface area contributed by atoms with Gasteiger partial charge in [-0.3, -0.25) is 9.58 Å². The highest BCUT2D eigenvalue weighted by molar-refractivity contribution is 5.77. The largest absolute Gasteiger partial charge is 0.352 e. The zero-order valence-corrected chi connectivity index (χ0v) is 16.5. The number of hydrogen-bond donors (Lipinski definition) is 0. The lowest BCUT2D eigenvalue weighted by Crippen LogP contribution is -2.60. The highest BCUT2D eigenvalue weighted by Crippen LogP contribution is 2.41. The molecule has 6 rings (SSSR count). The van der Waals surface area contributed by atoms with Crippen LogP contribution < -0.4 is 4.90 Å². The van der Waals surface area contributed by atoms with Gasteiger partial charge in [0.1, 0.15) is 11.8 Å². The number of hydrogen-bond acceptors (Lipinski definition) is 6. The molecule has 3 fully saturated rings. The number of fused-ring (bicyclic) bond motifs is 3. The molecule has 2 aliphatic heterocycles. The maximum absolute atomic E-state index is 9.13. The highest BCUT2D eigenvalue weighted by atomic mass is 15.4. The van der Waals surface area contributed by atoms with Gasteiger partial charge < -0.3 is 4.90 Å². The van der Waals surface area contributed by atoms with E-state index in [0.29, 0.717) is 18.1 Å². The Hall–Kier alpha value is -2.92. The maximum atomic E-state index is 9.13. The predicted octanol–water partition coefficient (Wildman–Crippen LogP) is 2.08. The summed E-state index contributed by atoms with van der Waals surface area (Å²) in [5.74, 6) is 1.29. The third-order valence-corrected chi connectivity index (χ3v) is 6.98. The lowest BCUT2D eigenvalue weighted by atomic mass is 9.79. The molecule has 2 saturated heterocycles. The van der Waals surface area contributed by atoms with E-state index in [2.05, 4.69) is 43.3 Å². The molecule has 5 heterocycles. The van der Waals surface area contributed by atoms with Crippen molar-refractivity contribution in [2.45, 2.75) is 43.8 Å². The molecule has 0 N–H and O–H groups in total. The van der Waals surface area contributed by atoms with Crippen molar-refractivity contribution in [3.63, 3.8) is 0 Å². The van der Waals surface area contributed by atoms with Crippen molar-refractivity contribution in [2.24, 2.45) is 13.0 Å². The summed E-state index contributed by atoms with van der Waals surface area (Å²) in [6.07, 6.45) is 12.2. The second-order valence-corrected chi connectivity index (χ2v) is 8.73.